The third-order valence-electron chi connectivity index (χ3n) is 14.7. The highest BCUT2D eigenvalue weighted by Crippen LogP contribution is 2.61. The van der Waals surface area contributed by atoms with Crippen molar-refractivity contribution in [3.8, 4) is 11.4 Å². The topological polar surface area (TPSA) is 303 Å². The predicted octanol–water partition coefficient (Wildman–Crippen LogP) is 0.324. The zero-order chi connectivity index (χ0) is 54.5. The number of nitrogens with one attached hydrogen (secondary N) is 6. The van der Waals surface area contributed by atoms with E-state index >= 15 is 4.39 Å². The Labute approximate surface area is 436 Å². The van der Waals surface area contributed by atoms with Crippen LogP contribution in [0.15, 0.2) is 83.7 Å². The highest BCUT2D eigenvalue weighted by molar-refractivity contribution is 6.28. The number of aromatic nitrogens is 2. The van der Waals surface area contributed by atoms with Crippen molar-refractivity contribution in [3.05, 3.63) is 140 Å². The number of cyclic esters (lactones) is 1. The number of hydrogen-bond acceptors (Lipinski definition) is 14. The lowest BCUT2D eigenvalue weighted by atomic mass is 9.81. The average molecular weight is 1050 g/mol. The van der Waals surface area contributed by atoms with Crippen molar-refractivity contribution in [1.29, 1.82) is 0 Å². The Morgan fingerprint density at radius 1 is 0.857 bits per heavy atom. The number of carbonyl (C=O) groups is 9. The molecule has 8 amide bonds. The van der Waals surface area contributed by atoms with E-state index in [-0.39, 0.29) is 54.3 Å². The molecule has 10 rings (SSSR count). The van der Waals surface area contributed by atoms with Gasteiger partial charge in [-0.1, -0.05) is 43.3 Å². The number of esters is 1. The third-order valence-corrected chi connectivity index (χ3v) is 14.7. The molecule has 5 aromatic rings. The van der Waals surface area contributed by atoms with Crippen LogP contribution in [-0.2, 0) is 85.0 Å². The van der Waals surface area contributed by atoms with Crippen LogP contribution in [0.1, 0.15) is 69.1 Å². The summed E-state index contributed by atoms with van der Waals surface area (Å²) in [5.74, 6) is -6.74. The van der Waals surface area contributed by atoms with Gasteiger partial charge < -0.3 is 51.0 Å². The lowest BCUT2D eigenvalue weighted by Gasteiger charge is -2.31. The summed E-state index contributed by atoms with van der Waals surface area (Å²) < 4.78 is 27.8. The Morgan fingerprint density at radius 3 is 2.34 bits per heavy atom. The molecule has 2 aromatic heterocycles. The minimum Gasteiger partial charge on any atom is -0.458 e. The highest BCUT2D eigenvalue weighted by Gasteiger charge is 2.61. The van der Waals surface area contributed by atoms with Gasteiger partial charge in [-0.25, -0.2) is 19.1 Å². The molecule has 5 aliphatic rings. The van der Waals surface area contributed by atoms with Crippen LogP contribution in [0, 0.1) is 18.7 Å². The summed E-state index contributed by atoms with van der Waals surface area (Å²) in [7, 11) is 0. The minimum absolute atomic E-state index is 0.0124. The summed E-state index contributed by atoms with van der Waals surface area (Å²) in [6.07, 6.45) is 3.10. The van der Waals surface area contributed by atoms with Crippen LogP contribution >= 0.6 is 0 Å². The number of nitrogens with zero attached hydrogens (tertiary/aromatic N) is 3. The van der Waals surface area contributed by atoms with E-state index in [2.05, 4.69) is 31.9 Å². The monoisotopic (exact) mass is 1050 g/mol. The molecule has 1 fully saturated rings. The molecule has 3 aromatic carbocycles. The Hall–Kier alpha value is -8.96. The molecule has 23 heteroatoms. The largest absolute Gasteiger partial charge is 0.458 e. The van der Waals surface area contributed by atoms with Gasteiger partial charge in [0, 0.05) is 46.7 Å². The van der Waals surface area contributed by atoms with Gasteiger partial charge in [-0.05, 0) is 78.6 Å². The molecule has 1 unspecified atom stereocenters. The van der Waals surface area contributed by atoms with Crippen LogP contribution in [0.2, 0.25) is 0 Å². The maximum absolute atomic E-state index is 15.5. The Morgan fingerprint density at radius 2 is 1.58 bits per heavy atom. The molecule has 2 aliphatic carbocycles. The van der Waals surface area contributed by atoms with Gasteiger partial charge in [-0.15, -0.1) is 0 Å². The van der Waals surface area contributed by atoms with E-state index in [0.717, 1.165) is 22.6 Å². The van der Waals surface area contributed by atoms with Gasteiger partial charge in [0.1, 0.15) is 31.8 Å². The molecule has 0 radical (unpaired) electrons. The van der Waals surface area contributed by atoms with Crippen LogP contribution < -0.4 is 42.4 Å². The molecule has 0 saturated heterocycles. The van der Waals surface area contributed by atoms with Gasteiger partial charge in [-0.2, -0.15) is 0 Å². The molecule has 3 aliphatic heterocycles. The predicted molar refractivity (Wildman–Crippen MR) is 268 cm³/mol. The van der Waals surface area contributed by atoms with Gasteiger partial charge in [0.15, 0.2) is 5.60 Å². The van der Waals surface area contributed by atoms with Crippen molar-refractivity contribution in [2.75, 3.05) is 37.9 Å². The van der Waals surface area contributed by atoms with Crippen LogP contribution in [0.25, 0.3) is 22.3 Å². The second kappa shape index (κ2) is 20.3. The fraction of sp³-hybridized carbons (Fsp3) is 0.315. The van der Waals surface area contributed by atoms with Gasteiger partial charge in [0.2, 0.25) is 29.5 Å². The van der Waals surface area contributed by atoms with Crippen molar-refractivity contribution >= 4 is 69.8 Å². The van der Waals surface area contributed by atoms with Crippen LogP contribution in [0.5, 0.6) is 0 Å². The van der Waals surface area contributed by atoms with Crippen LogP contribution in [0.4, 0.5) is 10.1 Å². The number of aliphatic hydroxyl groups is 1. The van der Waals surface area contributed by atoms with Crippen molar-refractivity contribution < 1.29 is 62.1 Å². The summed E-state index contributed by atoms with van der Waals surface area (Å²) in [4.78, 5) is 135. The second-order valence-electron chi connectivity index (χ2n) is 19.4. The van der Waals surface area contributed by atoms with Crippen molar-refractivity contribution in [2.45, 2.75) is 69.9 Å². The summed E-state index contributed by atoms with van der Waals surface area (Å²) in [6.45, 7) is 0.453. The number of fused-ring (bicyclic) bond motifs is 7. The molecule has 5 heterocycles. The van der Waals surface area contributed by atoms with Gasteiger partial charge in [0.05, 0.1) is 59.9 Å². The van der Waals surface area contributed by atoms with Crippen molar-refractivity contribution in [2.24, 2.45) is 5.92 Å². The molecular weight excluding hydrogens is 1000 g/mol. The lowest BCUT2D eigenvalue weighted by molar-refractivity contribution is -0.172. The normalized spacial score (nSPS) is 19.5. The number of amides is 8. The molecule has 77 heavy (non-hydrogen) atoms. The molecule has 7 N–H and O–H groups in total. The van der Waals surface area contributed by atoms with E-state index in [0.29, 0.717) is 57.4 Å². The molecule has 396 valence electrons. The van der Waals surface area contributed by atoms with E-state index in [4.69, 9.17) is 14.5 Å². The van der Waals surface area contributed by atoms with E-state index < -0.39 is 115 Å². The number of hydrogen-bond donors (Lipinski definition) is 7. The zero-order valence-electron chi connectivity index (χ0n) is 41.5. The summed E-state index contributed by atoms with van der Waals surface area (Å²) >= 11 is 0. The van der Waals surface area contributed by atoms with E-state index in [9.17, 15) is 53.1 Å². The Kier molecular flexibility index (Phi) is 13.6. The van der Waals surface area contributed by atoms with Crippen molar-refractivity contribution in [1.82, 2.24) is 41.5 Å². The van der Waals surface area contributed by atoms with Gasteiger partial charge in [-0.3, -0.25) is 43.2 Å². The third kappa shape index (κ3) is 9.58. The Balaban J connectivity index is 0.727. The SMILES string of the molecule is CC[C@@]1(O)C(=O)OCc2c1cc1n(c2=O)Cc2c-1nc1cc(F)c(C)c3c1c2[C@]1(NC(=O)COCNC(=O)CNC(=O)[C@H](Cc2ccccc2)NC(=O)CNC(=O)CNC(=O)c2cccc(N4C(=O)C=CC4=O)c2)CC1C3. The first kappa shape index (κ1) is 51.5. The van der Waals surface area contributed by atoms with Crippen molar-refractivity contribution in [3.63, 3.8) is 0 Å². The van der Waals surface area contributed by atoms with E-state index in [1.54, 1.807) is 50.2 Å². The number of pyridine rings is 2. The maximum Gasteiger partial charge on any atom is 0.343 e. The fourth-order valence-corrected chi connectivity index (χ4v) is 10.6. The molecule has 22 nitrogen and oxygen atoms in total. The number of carbonyl (C=O) groups excluding carboxylic acids is 9. The number of rotatable bonds is 18. The first-order chi connectivity index (χ1) is 36.9. The smallest absolute Gasteiger partial charge is 0.343 e. The lowest BCUT2D eigenvalue weighted by Crippen LogP contribution is -2.52. The number of imide groups is 1. The molecular formula is C54H50FN9O13. The number of anilines is 1. The highest BCUT2D eigenvalue weighted by atomic mass is 19.1. The fourth-order valence-electron chi connectivity index (χ4n) is 10.6. The molecule has 0 bridgehead atoms. The van der Waals surface area contributed by atoms with Gasteiger partial charge >= 0.3 is 5.97 Å². The van der Waals surface area contributed by atoms with E-state index in [1.165, 1.54) is 34.9 Å². The number of ether oxygens (including phenoxy) is 2. The number of halogens is 1. The molecule has 0 spiro atoms. The first-order valence-electron chi connectivity index (χ1n) is 24.7. The Bertz CT molecular complexity index is 3490. The van der Waals surface area contributed by atoms with Gasteiger partial charge in [0.25, 0.3) is 23.3 Å². The summed E-state index contributed by atoms with van der Waals surface area (Å²) in [5, 5.41) is 27.5. The zero-order valence-corrected chi connectivity index (χ0v) is 41.5. The summed E-state index contributed by atoms with van der Waals surface area (Å²) in [6, 6.07) is 16.1. The molecule has 1 saturated carbocycles. The summed E-state index contributed by atoms with van der Waals surface area (Å²) in [5.41, 5.74) is 1.27. The second-order valence-corrected chi connectivity index (χ2v) is 19.4. The number of benzene rings is 3. The van der Waals surface area contributed by atoms with Crippen LogP contribution in [-0.4, -0.2) is 107 Å². The quantitative estimate of drug-likeness (QED) is 0.0264. The average Bonchev–Trinajstić information content (AvgIpc) is 3.86. The van der Waals surface area contributed by atoms with Crippen LogP contribution in [0.3, 0.4) is 0 Å². The van der Waals surface area contributed by atoms with E-state index in [1.807, 2.05) is 0 Å². The minimum atomic E-state index is -2.06. The molecule has 4 atom stereocenters. The standard InChI is InChI=1S/C54H50FN9O13/c1-3-54(75)35-17-39-48-33(23-63(39)51(73)34(35)24-77-52(54)74)47-46-32(27(2)36(55)18-37(46)61-48)16-30-19-53(30,47)62-43(68)25-76-26-59-41(66)21-58-50(72)38(14-28-8-5-4-6-9-28)60-42(67)22-56-40(65)20-57-49(71)29-10-7-11-31(15-29)64-44(69)12-13-45(64)70/h4-13,15,17-18,30,38,75H,3,14,16,19-26H2,1-2H3,(H,56,65)(H,57,71)(H,58,72)(H,59,66)(H,60,67)(H,62,68)/t30?,38-,53-,54-/m0/s1. The maximum atomic E-state index is 15.5. The first-order valence-corrected chi connectivity index (χ1v) is 24.7.